The van der Waals surface area contributed by atoms with Crippen LogP contribution in [0.2, 0.25) is 0 Å². The van der Waals surface area contributed by atoms with E-state index in [2.05, 4.69) is 0 Å². The van der Waals surface area contributed by atoms with Gasteiger partial charge in [-0.2, -0.15) is 0 Å². The number of benzene rings is 3. The molecule has 0 bridgehead atoms. The van der Waals surface area contributed by atoms with E-state index >= 15 is 0 Å². The van der Waals surface area contributed by atoms with Crippen LogP contribution in [0.1, 0.15) is 42.5 Å². The van der Waals surface area contributed by atoms with Crippen molar-refractivity contribution in [3.05, 3.63) is 89.0 Å². The largest absolute Gasteiger partial charge is 0.507 e. The van der Waals surface area contributed by atoms with Crippen LogP contribution in [0.25, 0.3) is 5.76 Å². The number of ketones is 1. The second-order valence-corrected chi connectivity index (χ2v) is 9.07. The highest BCUT2D eigenvalue weighted by molar-refractivity contribution is 6.51. The molecule has 2 aliphatic heterocycles. The zero-order valence-electron chi connectivity index (χ0n) is 20.9. The van der Waals surface area contributed by atoms with Crippen LogP contribution in [0.15, 0.2) is 72.3 Å². The summed E-state index contributed by atoms with van der Waals surface area (Å²) >= 11 is 0. The molecule has 1 amide bonds. The Morgan fingerprint density at radius 3 is 2.68 bits per heavy atom. The SMILES string of the molecule is CCCOc1cccc(N2C(=O)C(=O)/C(=C(\O)c3ccc4c(c3)CCCO4)C2c2cccc(OC)c2)c1. The predicted octanol–water partition coefficient (Wildman–Crippen LogP) is 5.44. The number of Topliss-reactive ketones (excluding diaryl/α,β-unsaturated/α-hetero) is 1. The van der Waals surface area contributed by atoms with Gasteiger partial charge in [0.15, 0.2) is 0 Å². The van der Waals surface area contributed by atoms with Crippen molar-refractivity contribution < 1.29 is 28.9 Å². The van der Waals surface area contributed by atoms with Gasteiger partial charge >= 0.3 is 0 Å². The fourth-order valence-electron chi connectivity index (χ4n) is 4.83. The number of carbonyl (C=O) groups excluding carboxylic acids is 2. The highest BCUT2D eigenvalue weighted by Gasteiger charge is 2.47. The first kappa shape index (κ1) is 24.4. The quantitative estimate of drug-likeness (QED) is 0.265. The van der Waals surface area contributed by atoms with Crippen LogP contribution in [0, 0.1) is 0 Å². The Bertz CT molecular complexity index is 1380. The summed E-state index contributed by atoms with van der Waals surface area (Å²) in [6.07, 6.45) is 2.53. The third-order valence-electron chi connectivity index (χ3n) is 6.60. The van der Waals surface area contributed by atoms with E-state index in [1.54, 1.807) is 55.6 Å². The fraction of sp³-hybridized carbons (Fsp3) is 0.267. The van der Waals surface area contributed by atoms with E-state index in [1.807, 2.05) is 25.1 Å². The molecule has 1 N–H and O–H groups in total. The molecule has 1 fully saturated rings. The number of methoxy groups -OCH3 is 1. The third-order valence-corrected chi connectivity index (χ3v) is 6.60. The zero-order chi connectivity index (χ0) is 25.9. The normalized spacial score (nSPS) is 18.3. The van der Waals surface area contributed by atoms with Gasteiger partial charge in [0, 0.05) is 17.3 Å². The lowest BCUT2D eigenvalue weighted by atomic mass is 9.93. The molecule has 190 valence electrons. The van der Waals surface area contributed by atoms with Gasteiger partial charge in [-0.3, -0.25) is 14.5 Å². The average Bonchev–Trinajstić information content (AvgIpc) is 3.21. The summed E-state index contributed by atoms with van der Waals surface area (Å²) in [5.41, 5.74) is 2.59. The summed E-state index contributed by atoms with van der Waals surface area (Å²) in [5, 5.41) is 11.5. The third kappa shape index (κ3) is 4.65. The van der Waals surface area contributed by atoms with Crippen molar-refractivity contribution in [1.82, 2.24) is 0 Å². The summed E-state index contributed by atoms with van der Waals surface area (Å²) in [6, 6.07) is 18.8. The van der Waals surface area contributed by atoms with E-state index in [0.29, 0.717) is 41.5 Å². The van der Waals surface area contributed by atoms with Crippen LogP contribution in [0.5, 0.6) is 17.2 Å². The lowest BCUT2D eigenvalue weighted by Crippen LogP contribution is -2.29. The van der Waals surface area contributed by atoms with Crippen LogP contribution < -0.4 is 19.1 Å². The van der Waals surface area contributed by atoms with Gasteiger partial charge in [-0.15, -0.1) is 0 Å². The van der Waals surface area contributed by atoms with Gasteiger partial charge in [-0.05, 0) is 72.9 Å². The van der Waals surface area contributed by atoms with E-state index in [-0.39, 0.29) is 11.3 Å². The van der Waals surface area contributed by atoms with Crippen LogP contribution in [0.4, 0.5) is 5.69 Å². The number of fused-ring (bicyclic) bond motifs is 1. The van der Waals surface area contributed by atoms with Gasteiger partial charge in [0.25, 0.3) is 11.7 Å². The number of anilines is 1. The predicted molar refractivity (Wildman–Crippen MR) is 140 cm³/mol. The molecule has 3 aromatic carbocycles. The summed E-state index contributed by atoms with van der Waals surface area (Å²) < 4.78 is 16.9. The lowest BCUT2D eigenvalue weighted by Gasteiger charge is -2.26. The van der Waals surface area contributed by atoms with Crippen molar-refractivity contribution in [3.63, 3.8) is 0 Å². The second kappa shape index (κ2) is 10.4. The minimum atomic E-state index is -0.858. The Kier molecular flexibility index (Phi) is 6.86. The zero-order valence-corrected chi connectivity index (χ0v) is 20.9. The van der Waals surface area contributed by atoms with Crippen LogP contribution in [-0.2, 0) is 16.0 Å². The maximum atomic E-state index is 13.5. The number of amides is 1. The molecule has 2 aliphatic rings. The van der Waals surface area contributed by atoms with E-state index < -0.39 is 17.7 Å². The number of carbonyl (C=O) groups is 2. The Balaban J connectivity index is 1.66. The van der Waals surface area contributed by atoms with E-state index in [0.717, 1.165) is 30.6 Å². The number of nitrogens with zero attached hydrogens (tertiary/aromatic N) is 1. The maximum Gasteiger partial charge on any atom is 0.300 e. The molecule has 2 heterocycles. The monoisotopic (exact) mass is 499 g/mol. The van der Waals surface area contributed by atoms with Gasteiger partial charge in [-0.1, -0.05) is 25.1 Å². The number of aryl methyl sites for hydroxylation is 1. The van der Waals surface area contributed by atoms with Gasteiger partial charge in [0.1, 0.15) is 23.0 Å². The molecule has 0 aliphatic carbocycles. The highest BCUT2D eigenvalue weighted by atomic mass is 16.5. The van der Waals surface area contributed by atoms with Crippen molar-refractivity contribution >= 4 is 23.1 Å². The van der Waals surface area contributed by atoms with Gasteiger partial charge in [0.2, 0.25) is 0 Å². The number of ether oxygens (including phenoxy) is 3. The van der Waals surface area contributed by atoms with Crippen molar-refractivity contribution in [2.24, 2.45) is 0 Å². The second-order valence-electron chi connectivity index (χ2n) is 9.07. The highest BCUT2D eigenvalue weighted by Crippen LogP contribution is 2.44. The van der Waals surface area contributed by atoms with Crippen LogP contribution >= 0.6 is 0 Å². The number of hydrogen-bond acceptors (Lipinski definition) is 6. The Hall–Kier alpha value is -4.26. The molecule has 7 heteroatoms. The van der Waals surface area contributed by atoms with E-state index in [4.69, 9.17) is 14.2 Å². The van der Waals surface area contributed by atoms with E-state index in [9.17, 15) is 14.7 Å². The maximum absolute atomic E-state index is 13.5. The first-order valence-electron chi connectivity index (χ1n) is 12.5. The summed E-state index contributed by atoms with van der Waals surface area (Å²) in [4.78, 5) is 28.4. The smallest absolute Gasteiger partial charge is 0.300 e. The lowest BCUT2D eigenvalue weighted by molar-refractivity contribution is -0.132. The number of rotatable bonds is 7. The molecule has 7 nitrogen and oxygen atoms in total. The average molecular weight is 500 g/mol. The molecular weight excluding hydrogens is 470 g/mol. The fourth-order valence-corrected chi connectivity index (χ4v) is 4.83. The topological polar surface area (TPSA) is 85.3 Å². The van der Waals surface area contributed by atoms with Gasteiger partial charge in [-0.25, -0.2) is 0 Å². The van der Waals surface area contributed by atoms with Crippen molar-refractivity contribution in [1.29, 1.82) is 0 Å². The number of aliphatic hydroxyl groups is 1. The molecule has 5 rings (SSSR count). The van der Waals surface area contributed by atoms with Gasteiger partial charge in [0.05, 0.1) is 31.9 Å². The summed E-state index contributed by atoms with van der Waals surface area (Å²) in [7, 11) is 1.56. The minimum Gasteiger partial charge on any atom is -0.507 e. The molecule has 0 spiro atoms. The molecular formula is C30H29NO6. The summed E-state index contributed by atoms with van der Waals surface area (Å²) in [6.45, 7) is 3.20. The molecule has 37 heavy (non-hydrogen) atoms. The molecule has 0 saturated carbocycles. The van der Waals surface area contributed by atoms with Crippen molar-refractivity contribution in [2.45, 2.75) is 32.2 Å². The molecule has 1 saturated heterocycles. The minimum absolute atomic E-state index is 0.0230. The standard InChI is InChI=1S/C30H29NO6/c1-3-14-36-24-11-5-9-22(18-24)31-27(20-7-4-10-23(17-20)35-2)26(29(33)30(31)34)28(32)21-12-13-25-19(16-21)8-6-15-37-25/h4-5,7,9-13,16-18,27,32H,3,6,8,14-15H2,1-2H3/b28-26-. The van der Waals surface area contributed by atoms with Crippen LogP contribution in [0.3, 0.4) is 0 Å². The van der Waals surface area contributed by atoms with Gasteiger partial charge < -0.3 is 19.3 Å². The Labute approximate surface area is 215 Å². The first-order valence-corrected chi connectivity index (χ1v) is 12.5. The molecule has 0 aromatic heterocycles. The number of aliphatic hydroxyl groups excluding tert-OH is 1. The van der Waals surface area contributed by atoms with Crippen LogP contribution in [-0.4, -0.2) is 37.1 Å². The van der Waals surface area contributed by atoms with E-state index in [1.165, 1.54) is 4.90 Å². The Morgan fingerprint density at radius 1 is 1.05 bits per heavy atom. The molecule has 0 radical (unpaired) electrons. The number of hydrogen-bond donors (Lipinski definition) is 1. The van der Waals surface area contributed by atoms with Crippen molar-refractivity contribution in [2.75, 3.05) is 25.2 Å². The first-order chi connectivity index (χ1) is 18.0. The Morgan fingerprint density at radius 2 is 1.86 bits per heavy atom. The molecule has 1 atom stereocenters. The van der Waals surface area contributed by atoms with Crippen molar-refractivity contribution in [3.8, 4) is 17.2 Å². The molecule has 3 aromatic rings. The summed E-state index contributed by atoms with van der Waals surface area (Å²) in [5.74, 6) is 0.258. The molecule has 1 unspecified atom stereocenters.